The fourth-order valence-electron chi connectivity index (χ4n) is 4.79. The second-order valence-corrected chi connectivity index (χ2v) is 9.23. The van der Waals surface area contributed by atoms with Gasteiger partial charge < -0.3 is 59.8 Å². The second kappa shape index (κ2) is 11.0. The molecule has 0 unspecified atom stereocenters. The van der Waals surface area contributed by atoms with E-state index in [4.69, 9.17) is 18.9 Å². The highest BCUT2D eigenvalue weighted by molar-refractivity contribution is 5.87. The van der Waals surface area contributed by atoms with Crippen LogP contribution < -0.4 is 0 Å². The Kier molecular flexibility index (Phi) is 8.18. The molecule has 1 saturated heterocycles. The minimum atomic E-state index is -2.27. The molecule has 11 atom stereocenters. The van der Waals surface area contributed by atoms with Crippen LogP contribution in [0.5, 0.6) is 5.75 Å². The van der Waals surface area contributed by atoms with E-state index >= 15 is 0 Å². The predicted octanol–water partition coefficient (Wildman–Crippen LogP) is -2.67. The third kappa shape index (κ3) is 5.36. The molecule has 13 nitrogen and oxygen atoms in total. The standard InChI is InChI=1S/C24H30O13/c25-9-14-18(29)19(30)20(31)23(36-14)37-22-16-13(7-8-34-22)17(28)21(32)24(16,33)10-35-15(27)6-3-11-1-4-12(26)5-2-11/h1-8,13-14,16-23,25-26,28-33H,9-10H2/t13-,14-,16-,17+,18-,19+,20-,21+,22+,23+,24+/m1/s1. The number of aliphatic hydroxyl groups is 7. The highest BCUT2D eigenvalue weighted by Gasteiger charge is 2.64. The molecule has 204 valence electrons. The first-order valence-corrected chi connectivity index (χ1v) is 11.6. The molecule has 1 aliphatic carbocycles. The first-order valence-electron chi connectivity index (χ1n) is 11.6. The minimum absolute atomic E-state index is 0.0505. The zero-order valence-corrected chi connectivity index (χ0v) is 19.4. The van der Waals surface area contributed by atoms with Gasteiger partial charge >= 0.3 is 5.97 Å². The molecule has 2 heterocycles. The van der Waals surface area contributed by atoms with Crippen molar-refractivity contribution in [1.29, 1.82) is 0 Å². The zero-order chi connectivity index (χ0) is 26.9. The van der Waals surface area contributed by atoms with E-state index in [9.17, 15) is 45.6 Å². The summed E-state index contributed by atoms with van der Waals surface area (Å²) in [5, 5.41) is 81.6. The first kappa shape index (κ1) is 27.4. The van der Waals surface area contributed by atoms with Crippen molar-refractivity contribution >= 4 is 12.0 Å². The van der Waals surface area contributed by atoms with Gasteiger partial charge in [0.1, 0.15) is 48.5 Å². The number of ether oxygens (including phenoxy) is 4. The van der Waals surface area contributed by atoms with E-state index < -0.39 is 85.8 Å². The zero-order valence-electron chi connectivity index (χ0n) is 19.4. The third-order valence-electron chi connectivity index (χ3n) is 6.90. The number of hydrogen-bond acceptors (Lipinski definition) is 13. The summed E-state index contributed by atoms with van der Waals surface area (Å²) in [6, 6.07) is 5.97. The number of phenolic OH excluding ortho intramolecular Hbond substituents is 1. The molecule has 0 bridgehead atoms. The first-order chi connectivity index (χ1) is 17.6. The van der Waals surface area contributed by atoms with Crippen molar-refractivity contribution in [1.82, 2.24) is 0 Å². The number of esters is 1. The normalized spacial score (nSPS) is 41.4. The molecule has 1 saturated carbocycles. The average molecular weight is 526 g/mol. The summed E-state index contributed by atoms with van der Waals surface area (Å²) in [5.74, 6) is -2.97. The van der Waals surface area contributed by atoms with Crippen LogP contribution >= 0.6 is 0 Å². The Morgan fingerprint density at radius 1 is 1.00 bits per heavy atom. The number of benzene rings is 1. The smallest absolute Gasteiger partial charge is 0.330 e. The lowest BCUT2D eigenvalue weighted by Crippen LogP contribution is -2.61. The van der Waals surface area contributed by atoms with Gasteiger partial charge in [0.2, 0.25) is 6.29 Å². The number of aromatic hydroxyl groups is 1. The number of fused-ring (bicyclic) bond motifs is 1. The van der Waals surface area contributed by atoms with Crippen molar-refractivity contribution in [2.75, 3.05) is 13.2 Å². The maximum atomic E-state index is 12.3. The molecule has 2 fully saturated rings. The minimum Gasteiger partial charge on any atom is -0.508 e. The second-order valence-electron chi connectivity index (χ2n) is 9.23. The van der Waals surface area contributed by atoms with Gasteiger partial charge in [-0.15, -0.1) is 0 Å². The lowest BCUT2D eigenvalue weighted by molar-refractivity contribution is -0.348. The van der Waals surface area contributed by atoms with Gasteiger partial charge in [0, 0.05) is 12.0 Å². The van der Waals surface area contributed by atoms with Gasteiger partial charge in [-0.25, -0.2) is 4.79 Å². The average Bonchev–Trinajstić information content (AvgIpc) is 3.09. The van der Waals surface area contributed by atoms with Crippen LogP contribution in [0.15, 0.2) is 42.7 Å². The van der Waals surface area contributed by atoms with Crippen LogP contribution in [0.2, 0.25) is 0 Å². The summed E-state index contributed by atoms with van der Waals surface area (Å²) in [7, 11) is 0. The Hall–Kier alpha value is -2.59. The molecule has 0 spiro atoms. The molecule has 1 aromatic carbocycles. The fourth-order valence-corrected chi connectivity index (χ4v) is 4.79. The Morgan fingerprint density at radius 3 is 2.38 bits per heavy atom. The van der Waals surface area contributed by atoms with Crippen molar-refractivity contribution in [3.05, 3.63) is 48.2 Å². The number of carbonyl (C=O) groups is 1. The monoisotopic (exact) mass is 526 g/mol. The van der Waals surface area contributed by atoms with Gasteiger partial charge in [-0.2, -0.15) is 0 Å². The largest absolute Gasteiger partial charge is 0.508 e. The molecule has 4 rings (SSSR count). The van der Waals surface area contributed by atoms with Crippen LogP contribution in [0, 0.1) is 11.8 Å². The number of carbonyl (C=O) groups excluding carboxylic acids is 1. The van der Waals surface area contributed by atoms with Crippen molar-refractivity contribution in [3.8, 4) is 5.75 Å². The van der Waals surface area contributed by atoms with E-state index in [0.717, 1.165) is 12.3 Å². The van der Waals surface area contributed by atoms with E-state index in [1.54, 1.807) is 12.1 Å². The van der Waals surface area contributed by atoms with Gasteiger partial charge in [-0.3, -0.25) is 0 Å². The molecule has 0 amide bonds. The Labute approximate surface area is 211 Å². The molecule has 0 radical (unpaired) electrons. The molecule has 2 aliphatic heterocycles. The van der Waals surface area contributed by atoms with E-state index in [-0.39, 0.29) is 5.75 Å². The summed E-state index contributed by atoms with van der Waals surface area (Å²) >= 11 is 0. The van der Waals surface area contributed by atoms with E-state index in [1.807, 2.05) is 0 Å². The Morgan fingerprint density at radius 2 is 1.70 bits per heavy atom. The molecule has 3 aliphatic rings. The molecular formula is C24H30O13. The SMILES string of the molecule is O=C(C=Cc1ccc(O)cc1)OC[C@]1(O)[C@H]2[C@H](O[C@@H]3O[C@H](CO)[C@@H](O)[C@H](O)[C@H]3O)OC=C[C@H]2[C@H](O)[C@@H]1O. The van der Waals surface area contributed by atoms with E-state index in [0.29, 0.717) is 5.56 Å². The van der Waals surface area contributed by atoms with Crippen molar-refractivity contribution in [2.24, 2.45) is 11.8 Å². The van der Waals surface area contributed by atoms with E-state index in [1.165, 1.54) is 24.3 Å². The van der Waals surface area contributed by atoms with Gasteiger partial charge in [-0.05, 0) is 29.8 Å². The van der Waals surface area contributed by atoms with Crippen LogP contribution in [0.1, 0.15) is 5.56 Å². The number of aliphatic hydroxyl groups excluding tert-OH is 6. The predicted molar refractivity (Wildman–Crippen MR) is 121 cm³/mol. The highest BCUT2D eigenvalue weighted by Crippen LogP contribution is 2.47. The van der Waals surface area contributed by atoms with Gasteiger partial charge in [-0.1, -0.05) is 12.1 Å². The van der Waals surface area contributed by atoms with Gasteiger partial charge in [0.25, 0.3) is 0 Å². The lowest BCUT2D eigenvalue weighted by Gasteiger charge is -2.44. The van der Waals surface area contributed by atoms with Crippen LogP contribution in [0.4, 0.5) is 0 Å². The fraction of sp³-hybridized carbons (Fsp3) is 0.542. The van der Waals surface area contributed by atoms with Crippen LogP contribution in [0.3, 0.4) is 0 Å². The molecule has 37 heavy (non-hydrogen) atoms. The molecule has 1 aromatic rings. The maximum Gasteiger partial charge on any atom is 0.330 e. The van der Waals surface area contributed by atoms with Crippen LogP contribution in [0.25, 0.3) is 6.08 Å². The number of hydrogen-bond donors (Lipinski definition) is 8. The number of rotatable bonds is 7. The Bertz CT molecular complexity index is 995. The summed E-state index contributed by atoms with van der Waals surface area (Å²) in [6.07, 6.45) is -7.74. The summed E-state index contributed by atoms with van der Waals surface area (Å²) < 4.78 is 21.5. The lowest BCUT2D eigenvalue weighted by atomic mass is 9.83. The maximum absolute atomic E-state index is 12.3. The van der Waals surface area contributed by atoms with Crippen LogP contribution in [-0.2, 0) is 23.7 Å². The Balaban J connectivity index is 1.48. The molecule has 8 N–H and O–H groups in total. The van der Waals surface area contributed by atoms with Gasteiger partial charge in [0.15, 0.2) is 6.29 Å². The van der Waals surface area contributed by atoms with Crippen molar-refractivity contribution in [2.45, 2.75) is 54.8 Å². The van der Waals surface area contributed by atoms with Crippen molar-refractivity contribution in [3.63, 3.8) is 0 Å². The molecule has 0 aromatic heterocycles. The van der Waals surface area contributed by atoms with Crippen LogP contribution in [-0.4, -0.2) is 115 Å². The van der Waals surface area contributed by atoms with E-state index in [2.05, 4.69) is 0 Å². The third-order valence-corrected chi connectivity index (χ3v) is 6.90. The van der Waals surface area contributed by atoms with Gasteiger partial charge in [0.05, 0.1) is 24.9 Å². The van der Waals surface area contributed by atoms with Crippen molar-refractivity contribution < 1.29 is 64.6 Å². The molecular weight excluding hydrogens is 496 g/mol. The summed E-state index contributed by atoms with van der Waals surface area (Å²) in [4.78, 5) is 12.3. The summed E-state index contributed by atoms with van der Waals surface area (Å²) in [5.41, 5.74) is -1.68. The topological polar surface area (TPSA) is 216 Å². The molecule has 13 heteroatoms. The number of phenols is 1. The summed E-state index contributed by atoms with van der Waals surface area (Å²) in [6.45, 7) is -1.46. The quantitative estimate of drug-likeness (QED) is 0.135. The highest BCUT2D eigenvalue weighted by atomic mass is 16.8.